The van der Waals surface area contributed by atoms with E-state index in [9.17, 15) is 4.79 Å². The van der Waals surface area contributed by atoms with Gasteiger partial charge in [0.1, 0.15) is 6.04 Å². The molecule has 20 heavy (non-hydrogen) atoms. The Bertz CT molecular complexity index is 435. The van der Waals surface area contributed by atoms with Gasteiger partial charge in [-0.3, -0.25) is 9.69 Å². The van der Waals surface area contributed by atoms with Crippen molar-refractivity contribution in [2.75, 3.05) is 26.2 Å². The molecular formula is C12H22N6O2. The van der Waals surface area contributed by atoms with Crippen LogP contribution in [0.5, 0.6) is 0 Å². The Morgan fingerprint density at radius 2 is 2.35 bits per heavy atom. The molecule has 0 spiro atoms. The lowest BCUT2D eigenvalue weighted by Gasteiger charge is -2.33. The van der Waals surface area contributed by atoms with E-state index in [0.29, 0.717) is 19.7 Å². The average molecular weight is 282 g/mol. The van der Waals surface area contributed by atoms with Crippen LogP contribution < -0.4 is 5.32 Å². The second-order valence-corrected chi connectivity index (χ2v) is 4.76. The monoisotopic (exact) mass is 282 g/mol. The molecule has 0 radical (unpaired) electrons. The average Bonchev–Trinajstić information content (AvgIpc) is 2.87. The lowest BCUT2D eigenvalue weighted by molar-refractivity contribution is -0.150. The highest BCUT2D eigenvalue weighted by molar-refractivity contribution is 5.76. The molecule has 1 aromatic rings. The molecule has 1 fully saturated rings. The number of ether oxygens (including phenoxy) is 1. The lowest BCUT2D eigenvalue weighted by atomic mass is 10.2. The van der Waals surface area contributed by atoms with Crippen LogP contribution in [-0.4, -0.2) is 63.4 Å². The first-order valence-electron chi connectivity index (χ1n) is 7.12. The van der Waals surface area contributed by atoms with Gasteiger partial charge in [-0.1, -0.05) is 6.92 Å². The van der Waals surface area contributed by atoms with Gasteiger partial charge in [-0.2, -0.15) is 0 Å². The molecule has 0 saturated carbocycles. The third-order valence-corrected chi connectivity index (χ3v) is 3.30. The molecule has 0 aromatic carbocycles. The molecule has 112 valence electrons. The second-order valence-electron chi connectivity index (χ2n) is 4.76. The number of esters is 1. The summed E-state index contributed by atoms with van der Waals surface area (Å²) in [7, 11) is 0. The SMILES string of the molecule is CCCn1nnnc1CN1CCNCC1C(=O)OCC. The normalized spacial score (nSPS) is 20.0. The zero-order valence-corrected chi connectivity index (χ0v) is 12.1. The molecule has 1 N–H and O–H groups in total. The fraction of sp³-hybridized carbons (Fsp3) is 0.833. The van der Waals surface area contributed by atoms with Crippen molar-refractivity contribution in [2.45, 2.75) is 39.4 Å². The maximum absolute atomic E-state index is 12.0. The van der Waals surface area contributed by atoms with Crippen molar-refractivity contribution in [3.8, 4) is 0 Å². The zero-order valence-electron chi connectivity index (χ0n) is 12.1. The van der Waals surface area contributed by atoms with E-state index >= 15 is 0 Å². The van der Waals surface area contributed by atoms with Gasteiger partial charge in [0.05, 0.1) is 13.2 Å². The highest BCUT2D eigenvalue weighted by Gasteiger charge is 2.30. The Morgan fingerprint density at radius 1 is 1.50 bits per heavy atom. The van der Waals surface area contributed by atoms with Gasteiger partial charge in [0.2, 0.25) is 0 Å². The van der Waals surface area contributed by atoms with Gasteiger partial charge < -0.3 is 10.1 Å². The Morgan fingerprint density at radius 3 is 3.10 bits per heavy atom. The summed E-state index contributed by atoms with van der Waals surface area (Å²) in [4.78, 5) is 14.1. The third-order valence-electron chi connectivity index (χ3n) is 3.30. The van der Waals surface area contributed by atoms with Crippen LogP contribution in [0.25, 0.3) is 0 Å². The van der Waals surface area contributed by atoms with E-state index in [4.69, 9.17) is 4.74 Å². The minimum atomic E-state index is -0.268. The number of nitrogens with one attached hydrogen (secondary N) is 1. The number of carbonyl (C=O) groups excluding carboxylic acids is 1. The van der Waals surface area contributed by atoms with Crippen molar-refractivity contribution >= 4 is 5.97 Å². The molecule has 1 aromatic heterocycles. The fourth-order valence-electron chi connectivity index (χ4n) is 2.31. The van der Waals surface area contributed by atoms with Crippen LogP contribution in [-0.2, 0) is 22.6 Å². The van der Waals surface area contributed by atoms with Gasteiger partial charge in [0.25, 0.3) is 0 Å². The molecule has 1 saturated heterocycles. The molecule has 1 aliphatic heterocycles. The Balaban J connectivity index is 2.04. The fourth-order valence-corrected chi connectivity index (χ4v) is 2.31. The van der Waals surface area contributed by atoms with Crippen LogP contribution in [0.15, 0.2) is 0 Å². The molecule has 8 nitrogen and oxygen atoms in total. The predicted molar refractivity (Wildman–Crippen MR) is 71.8 cm³/mol. The third kappa shape index (κ3) is 3.51. The molecule has 8 heteroatoms. The maximum Gasteiger partial charge on any atom is 0.324 e. The molecule has 0 amide bonds. The number of nitrogens with zero attached hydrogens (tertiary/aromatic N) is 5. The number of aryl methyl sites for hydroxylation is 1. The van der Waals surface area contributed by atoms with E-state index in [1.54, 1.807) is 4.68 Å². The molecular weight excluding hydrogens is 260 g/mol. The molecule has 1 aliphatic rings. The summed E-state index contributed by atoms with van der Waals surface area (Å²) < 4.78 is 6.93. The summed E-state index contributed by atoms with van der Waals surface area (Å²) in [6, 6.07) is -0.268. The largest absolute Gasteiger partial charge is 0.465 e. The van der Waals surface area contributed by atoms with Crippen molar-refractivity contribution < 1.29 is 9.53 Å². The van der Waals surface area contributed by atoms with E-state index in [0.717, 1.165) is 31.9 Å². The van der Waals surface area contributed by atoms with Crippen molar-refractivity contribution in [2.24, 2.45) is 0 Å². The lowest BCUT2D eigenvalue weighted by Crippen LogP contribution is -2.55. The van der Waals surface area contributed by atoms with Crippen LogP contribution in [0.4, 0.5) is 0 Å². The summed E-state index contributed by atoms with van der Waals surface area (Å²) in [6.07, 6.45) is 0.973. The molecule has 0 aliphatic carbocycles. The quantitative estimate of drug-likeness (QED) is 0.699. The number of tetrazole rings is 1. The van der Waals surface area contributed by atoms with Crippen LogP contribution in [0.3, 0.4) is 0 Å². The molecule has 2 rings (SSSR count). The number of piperazine rings is 1. The van der Waals surface area contributed by atoms with Gasteiger partial charge in [-0.15, -0.1) is 5.10 Å². The van der Waals surface area contributed by atoms with Gasteiger partial charge in [-0.25, -0.2) is 4.68 Å². The van der Waals surface area contributed by atoms with E-state index in [2.05, 4.69) is 32.7 Å². The van der Waals surface area contributed by atoms with Crippen LogP contribution >= 0.6 is 0 Å². The smallest absolute Gasteiger partial charge is 0.324 e. The van der Waals surface area contributed by atoms with Crippen LogP contribution in [0.2, 0.25) is 0 Å². The summed E-state index contributed by atoms with van der Waals surface area (Å²) in [5.41, 5.74) is 0. The predicted octanol–water partition coefficient (Wildman–Crippen LogP) is -0.580. The number of hydrogen-bond acceptors (Lipinski definition) is 7. The Kier molecular flexibility index (Phi) is 5.42. The Hall–Kier alpha value is -1.54. The van der Waals surface area contributed by atoms with Crippen molar-refractivity contribution in [1.29, 1.82) is 0 Å². The number of carbonyl (C=O) groups is 1. The maximum atomic E-state index is 12.0. The molecule has 1 atom stereocenters. The summed E-state index contributed by atoms with van der Waals surface area (Å²) >= 11 is 0. The van der Waals surface area contributed by atoms with E-state index < -0.39 is 0 Å². The van der Waals surface area contributed by atoms with Crippen molar-refractivity contribution in [1.82, 2.24) is 30.4 Å². The first-order chi connectivity index (χ1) is 9.76. The molecule has 0 bridgehead atoms. The second kappa shape index (κ2) is 7.30. The number of aromatic nitrogens is 4. The minimum Gasteiger partial charge on any atom is -0.465 e. The van der Waals surface area contributed by atoms with Crippen LogP contribution in [0.1, 0.15) is 26.1 Å². The first kappa shape index (κ1) is 14.9. The van der Waals surface area contributed by atoms with Crippen LogP contribution in [0, 0.1) is 0 Å². The Labute approximate surface area is 118 Å². The van der Waals surface area contributed by atoms with Gasteiger partial charge in [0, 0.05) is 26.2 Å². The van der Waals surface area contributed by atoms with Gasteiger partial charge in [0.15, 0.2) is 5.82 Å². The van der Waals surface area contributed by atoms with E-state index in [1.165, 1.54) is 0 Å². The summed E-state index contributed by atoms with van der Waals surface area (Å²) in [6.45, 7) is 7.90. The number of rotatable bonds is 6. The minimum absolute atomic E-state index is 0.186. The highest BCUT2D eigenvalue weighted by atomic mass is 16.5. The van der Waals surface area contributed by atoms with E-state index in [-0.39, 0.29) is 12.0 Å². The topological polar surface area (TPSA) is 85.2 Å². The van der Waals surface area contributed by atoms with Gasteiger partial charge in [-0.05, 0) is 23.8 Å². The highest BCUT2D eigenvalue weighted by Crippen LogP contribution is 2.10. The number of hydrogen-bond donors (Lipinski definition) is 1. The molecule has 1 unspecified atom stereocenters. The van der Waals surface area contributed by atoms with Crippen molar-refractivity contribution in [3.05, 3.63) is 5.82 Å². The van der Waals surface area contributed by atoms with Gasteiger partial charge >= 0.3 is 5.97 Å². The molecule has 2 heterocycles. The standard InChI is InChI=1S/C12H22N6O2/c1-3-6-18-11(14-15-16-18)9-17-7-5-13-8-10(17)12(19)20-4-2/h10,13H,3-9H2,1-2H3. The van der Waals surface area contributed by atoms with E-state index in [1.807, 2.05) is 6.92 Å². The first-order valence-corrected chi connectivity index (χ1v) is 7.12. The summed E-state index contributed by atoms with van der Waals surface area (Å²) in [5.74, 6) is 0.609. The summed E-state index contributed by atoms with van der Waals surface area (Å²) in [5, 5.41) is 15.0. The van der Waals surface area contributed by atoms with Crippen molar-refractivity contribution in [3.63, 3.8) is 0 Å². The zero-order chi connectivity index (χ0) is 14.4.